The van der Waals surface area contributed by atoms with Crippen molar-refractivity contribution in [2.75, 3.05) is 13.2 Å². The first kappa shape index (κ1) is 16.1. The van der Waals surface area contributed by atoms with Crippen molar-refractivity contribution in [2.24, 2.45) is 0 Å². The number of alkyl halides is 3. The fourth-order valence-electron chi connectivity index (χ4n) is 1.25. The van der Waals surface area contributed by atoms with Crippen LogP contribution in [0.4, 0.5) is 13.2 Å². The minimum atomic E-state index is -4.73. The molecule has 0 bridgehead atoms. The van der Waals surface area contributed by atoms with E-state index in [1.54, 1.807) is 0 Å². The van der Waals surface area contributed by atoms with Crippen LogP contribution in [0.5, 0.6) is 11.5 Å². The van der Waals surface area contributed by atoms with Crippen LogP contribution in [-0.2, 0) is 9.53 Å². The molecular weight excluding hydrogens is 277 g/mol. The van der Waals surface area contributed by atoms with E-state index in [4.69, 9.17) is 9.47 Å². The highest BCUT2D eigenvalue weighted by Gasteiger charge is 2.30. The monoisotopic (exact) mass is 292 g/mol. The van der Waals surface area contributed by atoms with Crippen LogP contribution in [0.3, 0.4) is 0 Å². The Hall–Kier alpha value is -1.92. The second-order valence-corrected chi connectivity index (χ2v) is 3.88. The predicted molar refractivity (Wildman–Crippen MR) is 64.5 cm³/mol. The number of halogens is 3. The third-order valence-corrected chi connectivity index (χ3v) is 2.17. The summed E-state index contributed by atoms with van der Waals surface area (Å²) in [5.41, 5.74) is 0. The van der Waals surface area contributed by atoms with Crippen molar-refractivity contribution in [1.29, 1.82) is 0 Å². The fourth-order valence-corrected chi connectivity index (χ4v) is 1.25. The molecule has 0 atom stereocenters. The number of esters is 1. The number of rotatable bonds is 7. The highest BCUT2D eigenvalue weighted by atomic mass is 19.4. The van der Waals surface area contributed by atoms with Gasteiger partial charge in [0, 0.05) is 0 Å². The first-order chi connectivity index (χ1) is 9.40. The van der Waals surface area contributed by atoms with E-state index in [9.17, 15) is 18.0 Å². The highest BCUT2D eigenvalue weighted by molar-refractivity contribution is 5.71. The van der Waals surface area contributed by atoms with Crippen LogP contribution in [0, 0.1) is 0 Å². The van der Waals surface area contributed by atoms with E-state index in [0.29, 0.717) is 6.61 Å². The average molecular weight is 292 g/mol. The van der Waals surface area contributed by atoms with E-state index in [-0.39, 0.29) is 18.1 Å². The first-order valence-corrected chi connectivity index (χ1v) is 6.05. The van der Waals surface area contributed by atoms with Crippen LogP contribution in [0.25, 0.3) is 0 Å². The summed E-state index contributed by atoms with van der Waals surface area (Å²) in [4.78, 5) is 11.2. The summed E-state index contributed by atoms with van der Waals surface area (Å²) in [6, 6.07) is 4.76. The van der Waals surface area contributed by atoms with Gasteiger partial charge in [-0.3, -0.25) is 0 Å². The lowest BCUT2D eigenvalue weighted by Crippen LogP contribution is -2.17. The SMILES string of the molecule is CCCCOC(=O)COc1ccc(OC(F)(F)F)cc1. The van der Waals surface area contributed by atoms with Gasteiger partial charge in [0.05, 0.1) is 6.61 Å². The molecule has 4 nitrogen and oxygen atoms in total. The molecule has 1 rings (SSSR count). The fraction of sp³-hybridized carbons (Fsp3) is 0.462. The van der Waals surface area contributed by atoms with Gasteiger partial charge in [-0.1, -0.05) is 13.3 Å². The molecule has 1 aromatic carbocycles. The summed E-state index contributed by atoms with van der Waals surface area (Å²) in [6.07, 6.45) is -3.05. The van der Waals surface area contributed by atoms with Gasteiger partial charge in [-0.25, -0.2) is 4.79 Å². The summed E-state index contributed by atoms with van der Waals surface area (Å²) in [6.45, 7) is 2.01. The van der Waals surface area contributed by atoms with E-state index in [1.807, 2.05) is 6.92 Å². The number of benzene rings is 1. The lowest BCUT2D eigenvalue weighted by Gasteiger charge is -2.10. The van der Waals surface area contributed by atoms with Gasteiger partial charge in [0.25, 0.3) is 0 Å². The largest absolute Gasteiger partial charge is 0.573 e. The highest BCUT2D eigenvalue weighted by Crippen LogP contribution is 2.24. The summed E-state index contributed by atoms with van der Waals surface area (Å²) < 4.78 is 49.4. The molecule has 0 N–H and O–H groups in total. The lowest BCUT2D eigenvalue weighted by atomic mass is 10.3. The lowest BCUT2D eigenvalue weighted by molar-refractivity contribution is -0.274. The van der Waals surface area contributed by atoms with Crippen LogP contribution in [0.1, 0.15) is 19.8 Å². The molecule has 0 saturated carbocycles. The summed E-state index contributed by atoms with van der Waals surface area (Å²) in [5, 5.41) is 0. The Bertz CT molecular complexity index is 415. The minimum absolute atomic E-state index is 0.256. The maximum Gasteiger partial charge on any atom is 0.573 e. The van der Waals surface area contributed by atoms with E-state index in [1.165, 1.54) is 12.1 Å². The van der Waals surface area contributed by atoms with Crippen molar-refractivity contribution in [3.63, 3.8) is 0 Å². The zero-order valence-corrected chi connectivity index (χ0v) is 10.9. The Morgan fingerprint density at radius 2 is 1.75 bits per heavy atom. The topological polar surface area (TPSA) is 44.8 Å². The van der Waals surface area contributed by atoms with Gasteiger partial charge in [0.15, 0.2) is 6.61 Å². The van der Waals surface area contributed by atoms with E-state index < -0.39 is 12.3 Å². The standard InChI is InChI=1S/C13H15F3O4/c1-2-3-8-18-12(17)9-19-10-4-6-11(7-5-10)20-13(14,15)16/h4-7H,2-3,8-9H2,1H3. The number of carbonyl (C=O) groups excluding carboxylic acids is 1. The molecule has 0 aliphatic carbocycles. The van der Waals surface area contributed by atoms with Crippen molar-refractivity contribution in [3.8, 4) is 11.5 Å². The maximum atomic E-state index is 11.9. The molecule has 0 unspecified atom stereocenters. The Labute approximate surface area is 114 Å². The predicted octanol–water partition coefficient (Wildman–Crippen LogP) is 3.31. The zero-order chi connectivity index (χ0) is 15.0. The van der Waals surface area contributed by atoms with Crippen LogP contribution in [0.2, 0.25) is 0 Å². The van der Waals surface area contributed by atoms with Crippen LogP contribution in [-0.4, -0.2) is 25.5 Å². The molecule has 0 fully saturated rings. The number of carbonyl (C=O) groups is 1. The van der Waals surface area contributed by atoms with Gasteiger partial charge in [-0.2, -0.15) is 0 Å². The Balaban J connectivity index is 2.36. The van der Waals surface area contributed by atoms with E-state index in [2.05, 4.69) is 4.74 Å². The third kappa shape index (κ3) is 6.86. The molecule has 0 saturated heterocycles. The van der Waals surface area contributed by atoms with Crippen LogP contribution < -0.4 is 9.47 Å². The quantitative estimate of drug-likeness (QED) is 0.571. The van der Waals surface area contributed by atoms with Crippen molar-refractivity contribution in [2.45, 2.75) is 26.1 Å². The van der Waals surface area contributed by atoms with Gasteiger partial charge < -0.3 is 14.2 Å². The second-order valence-electron chi connectivity index (χ2n) is 3.88. The van der Waals surface area contributed by atoms with Gasteiger partial charge in [-0.15, -0.1) is 13.2 Å². The molecule has 1 aromatic rings. The van der Waals surface area contributed by atoms with Crippen LogP contribution >= 0.6 is 0 Å². The summed E-state index contributed by atoms with van der Waals surface area (Å²) >= 11 is 0. The van der Waals surface area contributed by atoms with Gasteiger partial charge >= 0.3 is 12.3 Å². The third-order valence-electron chi connectivity index (χ3n) is 2.17. The molecule has 0 radical (unpaired) electrons. The molecule has 0 aromatic heterocycles. The van der Waals surface area contributed by atoms with Gasteiger partial charge in [-0.05, 0) is 30.7 Å². The molecule has 112 valence electrons. The van der Waals surface area contributed by atoms with E-state index in [0.717, 1.165) is 25.0 Å². The second kappa shape index (κ2) is 7.62. The number of hydrogen-bond donors (Lipinski definition) is 0. The zero-order valence-electron chi connectivity index (χ0n) is 10.9. The Kier molecular flexibility index (Phi) is 6.14. The minimum Gasteiger partial charge on any atom is -0.482 e. The Morgan fingerprint density at radius 1 is 1.15 bits per heavy atom. The molecule has 0 amide bonds. The summed E-state index contributed by atoms with van der Waals surface area (Å²) in [7, 11) is 0. The normalized spacial score (nSPS) is 11.0. The first-order valence-electron chi connectivity index (χ1n) is 6.05. The van der Waals surface area contributed by atoms with Crippen molar-refractivity contribution >= 4 is 5.97 Å². The molecule has 0 heterocycles. The number of ether oxygens (including phenoxy) is 3. The average Bonchev–Trinajstić information content (AvgIpc) is 2.36. The van der Waals surface area contributed by atoms with Crippen LogP contribution in [0.15, 0.2) is 24.3 Å². The number of unbranched alkanes of at least 4 members (excludes halogenated alkanes) is 1. The maximum absolute atomic E-state index is 11.9. The van der Waals surface area contributed by atoms with Crippen molar-refractivity contribution < 1.29 is 32.2 Å². The summed E-state index contributed by atoms with van der Waals surface area (Å²) in [5.74, 6) is -0.614. The molecule has 7 heteroatoms. The molecule has 0 aliphatic heterocycles. The molecule has 0 aliphatic rings. The van der Waals surface area contributed by atoms with E-state index >= 15 is 0 Å². The van der Waals surface area contributed by atoms with Gasteiger partial charge in [0.1, 0.15) is 11.5 Å². The van der Waals surface area contributed by atoms with Gasteiger partial charge in [0.2, 0.25) is 0 Å². The van der Waals surface area contributed by atoms with Crippen molar-refractivity contribution in [3.05, 3.63) is 24.3 Å². The van der Waals surface area contributed by atoms with Crippen molar-refractivity contribution in [1.82, 2.24) is 0 Å². The Morgan fingerprint density at radius 3 is 2.30 bits per heavy atom. The molecular formula is C13H15F3O4. The number of hydrogen-bond acceptors (Lipinski definition) is 4. The molecule has 20 heavy (non-hydrogen) atoms. The molecule has 0 spiro atoms. The smallest absolute Gasteiger partial charge is 0.482 e.